The Bertz CT molecular complexity index is 1210. The molecule has 1 N–H and O–H groups in total. The molecule has 2 aromatic heterocycles. The lowest BCUT2D eigenvalue weighted by molar-refractivity contribution is -0.123. The molecule has 8 nitrogen and oxygen atoms in total. The number of anilines is 1. The zero-order chi connectivity index (χ0) is 20.7. The van der Waals surface area contributed by atoms with Crippen molar-refractivity contribution < 1.29 is 14.0 Å². The van der Waals surface area contributed by atoms with Crippen LogP contribution in [0.4, 0.5) is 5.82 Å². The molecule has 0 radical (unpaired) electrons. The molecule has 1 aromatic carbocycles. The highest BCUT2D eigenvalue weighted by atomic mass is 16.4. The van der Waals surface area contributed by atoms with E-state index in [1.165, 1.54) is 4.90 Å². The van der Waals surface area contributed by atoms with Crippen molar-refractivity contribution >= 4 is 17.6 Å². The zero-order valence-electron chi connectivity index (χ0n) is 16.5. The van der Waals surface area contributed by atoms with Crippen LogP contribution in [0.15, 0.2) is 53.3 Å². The van der Waals surface area contributed by atoms with Crippen molar-refractivity contribution in [1.82, 2.24) is 20.3 Å². The van der Waals surface area contributed by atoms with E-state index in [-0.39, 0.29) is 29.0 Å². The molecular weight excluding hydrogens is 382 g/mol. The second-order valence-corrected chi connectivity index (χ2v) is 8.42. The van der Waals surface area contributed by atoms with Gasteiger partial charge in [0, 0.05) is 43.1 Å². The summed E-state index contributed by atoms with van der Waals surface area (Å²) in [5.74, 6) is 0.615. The second kappa shape index (κ2) is 5.53. The molecule has 4 heterocycles. The van der Waals surface area contributed by atoms with Crippen LogP contribution in [0.2, 0.25) is 0 Å². The third-order valence-electron chi connectivity index (χ3n) is 6.99. The Hall–Kier alpha value is -3.55. The van der Waals surface area contributed by atoms with Crippen LogP contribution in [0.3, 0.4) is 0 Å². The molecule has 4 aliphatic rings. The van der Waals surface area contributed by atoms with Crippen LogP contribution in [0, 0.1) is 11.3 Å². The second-order valence-electron chi connectivity index (χ2n) is 8.42. The summed E-state index contributed by atoms with van der Waals surface area (Å²) in [6.07, 6.45) is 5.33. The predicted molar refractivity (Wildman–Crippen MR) is 106 cm³/mol. The van der Waals surface area contributed by atoms with Gasteiger partial charge in [0.1, 0.15) is 11.3 Å². The summed E-state index contributed by atoms with van der Waals surface area (Å²) >= 11 is 0. The number of carbonyl (C=O) groups is 2. The van der Waals surface area contributed by atoms with E-state index in [0.717, 1.165) is 11.3 Å². The molecule has 2 amide bonds. The summed E-state index contributed by atoms with van der Waals surface area (Å²) < 4.78 is 5.68. The standard InChI is InChI=1S/C22H19N5O3/c1-21-14-15-17(24-9-8-23-15)27(2)20(29)22(21,16(14)21)26-18(28)19-25-11-13(30-19)10-12-6-4-3-5-7-12/h3-9,11,14,16H,10H2,1-2H3,(H,26,28). The molecule has 2 fully saturated rings. The highest BCUT2D eigenvalue weighted by molar-refractivity contribution is 6.11. The number of rotatable bonds is 4. The van der Waals surface area contributed by atoms with Crippen LogP contribution in [-0.2, 0) is 11.2 Å². The number of fused-ring (bicyclic) bond motifs is 1. The summed E-state index contributed by atoms with van der Waals surface area (Å²) in [5.41, 5.74) is 0.579. The smallest absolute Gasteiger partial charge is 0.308 e. The Labute approximate surface area is 172 Å². The third-order valence-corrected chi connectivity index (χ3v) is 6.99. The van der Waals surface area contributed by atoms with E-state index >= 15 is 0 Å². The molecule has 3 aromatic rings. The maximum Gasteiger partial charge on any atom is 0.308 e. The van der Waals surface area contributed by atoms with Crippen molar-refractivity contribution in [3.8, 4) is 0 Å². The van der Waals surface area contributed by atoms with Gasteiger partial charge in [-0.15, -0.1) is 0 Å². The lowest BCUT2D eigenvalue weighted by atomic mass is 9.88. The van der Waals surface area contributed by atoms with Gasteiger partial charge in [-0.2, -0.15) is 0 Å². The highest BCUT2D eigenvalue weighted by Crippen LogP contribution is 2.91. The number of carbonyl (C=O) groups excluding carboxylic acids is 2. The number of likely N-dealkylation sites (N-methyl/N-ethyl adjacent to an activating group) is 1. The van der Waals surface area contributed by atoms with Gasteiger partial charge < -0.3 is 9.73 Å². The van der Waals surface area contributed by atoms with Crippen LogP contribution in [0.1, 0.15) is 40.5 Å². The van der Waals surface area contributed by atoms with E-state index in [2.05, 4.69) is 20.3 Å². The average molecular weight is 401 g/mol. The molecule has 0 saturated heterocycles. The van der Waals surface area contributed by atoms with Gasteiger partial charge in [0.25, 0.3) is 11.8 Å². The number of hydrogen-bond donors (Lipinski definition) is 1. The van der Waals surface area contributed by atoms with Crippen LogP contribution in [-0.4, -0.2) is 39.4 Å². The van der Waals surface area contributed by atoms with Crippen molar-refractivity contribution in [3.63, 3.8) is 0 Å². The summed E-state index contributed by atoms with van der Waals surface area (Å²) in [4.78, 5) is 40.7. The lowest BCUT2D eigenvalue weighted by Gasteiger charge is -2.28. The largest absolute Gasteiger partial charge is 0.437 e. The summed E-state index contributed by atoms with van der Waals surface area (Å²) in [5, 5.41) is 2.95. The zero-order valence-corrected chi connectivity index (χ0v) is 16.5. The Morgan fingerprint density at radius 2 is 1.93 bits per heavy atom. The molecule has 8 heteroatoms. The summed E-state index contributed by atoms with van der Waals surface area (Å²) in [6, 6.07) is 9.82. The molecule has 7 rings (SSSR count). The normalized spacial score (nSPS) is 30.2. The number of benzene rings is 1. The molecule has 150 valence electrons. The van der Waals surface area contributed by atoms with E-state index < -0.39 is 11.4 Å². The van der Waals surface area contributed by atoms with Crippen molar-refractivity contribution in [2.24, 2.45) is 11.3 Å². The molecule has 2 bridgehead atoms. The number of nitrogens with one attached hydrogen (secondary N) is 1. The van der Waals surface area contributed by atoms with Crippen LogP contribution >= 0.6 is 0 Å². The number of oxazole rings is 1. The Kier molecular flexibility index (Phi) is 3.19. The van der Waals surface area contributed by atoms with Gasteiger partial charge in [0.2, 0.25) is 0 Å². The minimum Gasteiger partial charge on any atom is -0.437 e. The first-order valence-electron chi connectivity index (χ1n) is 9.88. The van der Waals surface area contributed by atoms with Gasteiger partial charge in [-0.25, -0.2) is 9.97 Å². The van der Waals surface area contributed by atoms with E-state index in [9.17, 15) is 9.59 Å². The first-order chi connectivity index (χ1) is 14.5. The lowest BCUT2D eigenvalue weighted by Crippen LogP contribution is -2.56. The van der Waals surface area contributed by atoms with Gasteiger partial charge in [-0.1, -0.05) is 37.3 Å². The average Bonchev–Trinajstić information content (AvgIpc) is 3.45. The maximum atomic E-state index is 13.3. The maximum absolute atomic E-state index is 13.3. The fourth-order valence-electron chi connectivity index (χ4n) is 5.36. The van der Waals surface area contributed by atoms with Gasteiger partial charge in [-0.05, 0) is 5.56 Å². The molecular formula is C22H19N5O3. The number of hydrogen-bond acceptors (Lipinski definition) is 6. The monoisotopic (exact) mass is 401 g/mol. The Morgan fingerprint density at radius 3 is 2.70 bits per heavy atom. The number of amides is 2. The minimum atomic E-state index is -0.958. The molecule has 2 aliphatic carbocycles. The molecule has 2 saturated carbocycles. The van der Waals surface area contributed by atoms with Crippen LogP contribution in [0.25, 0.3) is 0 Å². The van der Waals surface area contributed by atoms with Gasteiger partial charge in [0.05, 0.1) is 11.9 Å². The fourth-order valence-corrected chi connectivity index (χ4v) is 5.36. The van der Waals surface area contributed by atoms with E-state index in [1.807, 2.05) is 37.3 Å². The van der Waals surface area contributed by atoms with E-state index in [4.69, 9.17) is 4.42 Å². The Balaban J connectivity index is 1.25. The van der Waals surface area contributed by atoms with Crippen molar-refractivity contribution in [2.45, 2.75) is 24.8 Å². The van der Waals surface area contributed by atoms with Crippen molar-refractivity contribution in [1.29, 1.82) is 0 Å². The Morgan fingerprint density at radius 1 is 1.20 bits per heavy atom. The van der Waals surface area contributed by atoms with E-state index in [1.54, 1.807) is 25.6 Å². The molecule has 30 heavy (non-hydrogen) atoms. The molecule has 4 unspecified atom stereocenters. The first kappa shape index (κ1) is 17.3. The van der Waals surface area contributed by atoms with Gasteiger partial charge in [0.15, 0.2) is 5.82 Å². The molecule has 2 aliphatic heterocycles. The topological polar surface area (TPSA) is 101 Å². The molecule has 0 spiro atoms. The molecule has 4 atom stereocenters. The van der Waals surface area contributed by atoms with Gasteiger partial charge in [-0.3, -0.25) is 19.5 Å². The summed E-state index contributed by atoms with van der Waals surface area (Å²) in [7, 11) is 1.68. The third kappa shape index (κ3) is 1.98. The summed E-state index contributed by atoms with van der Waals surface area (Å²) in [6.45, 7) is 2.02. The number of nitrogens with zero attached hydrogens (tertiary/aromatic N) is 4. The van der Waals surface area contributed by atoms with E-state index in [0.29, 0.717) is 18.0 Å². The quantitative estimate of drug-likeness (QED) is 0.717. The van der Waals surface area contributed by atoms with Crippen LogP contribution in [0.5, 0.6) is 0 Å². The van der Waals surface area contributed by atoms with Crippen molar-refractivity contribution in [2.75, 3.05) is 11.9 Å². The SMILES string of the molecule is CN1C(=O)C2(NC(=O)c3ncc(Cc4ccccc4)o3)C3C(c4nccnc41)C32C. The fraction of sp³-hybridized carbons (Fsp3) is 0.318. The minimum absolute atomic E-state index is 0.0144. The highest BCUT2D eigenvalue weighted by Gasteiger charge is 2.98. The van der Waals surface area contributed by atoms with Crippen molar-refractivity contribution in [3.05, 3.63) is 71.8 Å². The first-order valence-corrected chi connectivity index (χ1v) is 9.88. The predicted octanol–water partition coefficient (Wildman–Crippen LogP) is 1.93. The van der Waals surface area contributed by atoms with Crippen LogP contribution < -0.4 is 10.2 Å². The van der Waals surface area contributed by atoms with Gasteiger partial charge >= 0.3 is 5.91 Å². The number of aromatic nitrogens is 3.